The molecule has 2 nitrogen and oxygen atoms in total. The molecule has 0 radical (unpaired) electrons. The Balaban J connectivity index is 1.40. The molecule has 3 aliphatic carbocycles. The second-order valence-electron chi connectivity index (χ2n) is 7.22. The van der Waals surface area contributed by atoms with Gasteiger partial charge in [-0.1, -0.05) is 22.0 Å². The minimum Gasteiger partial charge on any atom is -0.490 e. The lowest BCUT2D eigenvalue weighted by atomic mass is 9.97. The van der Waals surface area contributed by atoms with Crippen LogP contribution in [0, 0.1) is 29.6 Å². The number of alkyl halides is 1. The van der Waals surface area contributed by atoms with E-state index in [-0.39, 0.29) is 0 Å². The molecule has 1 aromatic rings. The third kappa shape index (κ3) is 1.89. The number of halogens is 1. The molecular formula is C18H21BrO2. The van der Waals surface area contributed by atoms with Crippen molar-refractivity contribution in [1.82, 2.24) is 0 Å². The van der Waals surface area contributed by atoms with Crippen LogP contribution < -0.4 is 9.47 Å². The number of hydrogen-bond acceptors (Lipinski definition) is 2. The SMILES string of the molecule is BrC(c1ccc2c(c1)OCCCO2)C1C2C3CCC(C3)C21. The Hall–Kier alpha value is -0.700. The first-order valence-corrected chi connectivity index (χ1v) is 9.28. The molecule has 5 rings (SSSR count). The van der Waals surface area contributed by atoms with Crippen molar-refractivity contribution >= 4 is 15.9 Å². The second kappa shape index (κ2) is 4.65. The maximum absolute atomic E-state index is 5.84. The van der Waals surface area contributed by atoms with Gasteiger partial charge in [0.15, 0.2) is 11.5 Å². The lowest BCUT2D eigenvalue weighted by molar-refractivity contribution is 0.297. The van der Waals surface area contributed by atoms with Crippen molar-refractivity contribution in [3.63, 3.8) is 0 Å². The van der Waals surface area contributed by atoms with Crippen LogP contribution in [-0.4, -0.2) is 13.2 Å². The fraction of sp³-hybridized carbons (Fsp3) is 0.667. The number of fused-ring (bicyclic) bond motifs is 6. The predicted octanol–water partition coefficient (Wildman–Crippen LogP) is 4.58. The van der Waals surface area contributed by atoms with Crippen LogP contribution in [0.4, 0.5) is 0 Å². The van der Waals surface area contributed by atoms with Crippen molar-refractivity contribution in [2.45, 2.75) is 30.5 Å². The summed E-state index contributed by atoms with van der Waals surface area (Å²) < 4.78 is 11.6. The van der Waals surface area contributed by atoms with Crippen LogP contribution in [0.1, 0.15) is 36.1 Å². The van der Waals surface area contributed by atoms with E-state index in [1.165, 1.54) is 24.8 Å². The zero-order valence-corrected chi connectivity index (χ0v) is 13.7. The van der Waals surface area contributed by atoms with E-state index in [9.17, 15) is 0 Å². The molecule has 21 heavy (non-hydrogen) atoms. The second-order valence-corrected chi connectivity index (χ2v) is 8.21. The topological polar surface area (TPSA) is 18.5 Å². The van der Waals surface area contributed by atoms with Gasteiger partial charge in [0.1, 0.15) is 0 Å². The van der Waals surface area contributed by atoms with E-state index in [1.807, 2.05) is 0 Å². The third-order valence-electron chi connectivity index (χ3n) is 6.22. The molecule has 3 fully saturated rings. The maximum Gasteiger partial charge on any atom is 0.161 e. The van der Waals surface area contributed by atoms with E-state index >= 15 is 0 Å². The quantitative estimate of drug-likeness (QED) is 0.728. The Morgan fingerprint density at radius 2 is 1.71 bits per heavy atom. The van der Waals surface area contributed by atoms with Gasteiger partial charge in [0.05, 0.1) is 13.2 Å². The molecule has 2 bridgehead atoms. The zero-order valence-electron chi connectivity index (χ0n) is 12.1. The van der Waals surface area contributed by atoms with Gasteiger partial charge >= 0.3 is 0 Å². The van der Waals surface area contributed by atoms with Crippen molar-refractivity contribution in [2.75, 3.05) is 13.2 Å². The van der Waals surface area contributed by atoms with E-state index in [2.05, 4.69) is 34.1 Å². The summed E-state index contributed by atoms with van der Waals surface area (Å²) in [6, 6.07) is 6.52. The standard InChI is InChI=1S/C18H21BrO2/c19-18(17-15-10-2-3-11(8-10)16(15)17)12-4-5-13-14(9-12)21-7-1-6-20-13/h4-5,9-11,15-18H,1-3,6-8H2. The van der Waals surface area contributed by atoms with Crippen LogP contribution in [0.25, 0.3) is 0 Å². The Kier molecular flexibility index (Phi) is 2.83. The van der Waals surface area contributed by atoms with Crippen LogP contribution in [0.5, 0.6) is 11.5 Å². The van der Waals surface area contributed by atoms with Gasteiger partial charge in [0.2, 0.25) is 0 Å². The summed E-state index contributed by atoms with van der Waals surface area (Å²) in [4.78, 5) is 0.494. The molecule has 3 saturated carbocycles. The summed E-state index contributed by atoms with van der Waals surface area (Å²) in [7, 11) is 0. The molecule has 1 aliphatic heterocycles. The van der Waals surface area contributed by atoms with Gasteiger partial charge in [-0.15, -0.1) is 0 Å². The van der Waals surface area contributed by atoms with Crippen LogP contribution in [0.3, 0.4) is 0 Å². The molecule has 5 atom stereocenters. The van der Waals surface area contributed by atoms with Crippen molar-refractivity contribution in [3.05, 3.63) is 23.8 Å². The van der Waals surface area contributed by atoms with Crippen molar-refractivity contribution in [1.29, 1.82) is 0 Å². The summed E-state index contributed by atoms with van der Waals surface area (Å²) in [5, 5.41) is 0. The largest absolute Gasteiger partial charge is 0.490 e. The molecule has 5 unspecified atom stereocenters. The Bertz CT molecular complexity index is 556. The summed E-state index contributed by atoms with van der Waals surface area (Å²) in [5.41, 5.74) is 1.37. The number of ether oxygens (including phenoxy) is 2. The smallest absolute Gasteiger partial charge is 0.161 e. The molecule has 0 saturated heterocycles. The van der Waals surface area contributed by atoms with Crippen molar-refractivity contribution in [2.24, 2.45) is 29.6 Å². The third-order valence-corrected chi connectivity index (χ3v) is 7.36. The van der Waals surface area contributed by atoms with Crippen LogP contribution in [-0.2, 0) is 0 Å². The number of rotatable bonds is 2. The van der Waals surface area contributed by atoms with Gasteiger partial charge in [-0.05, 0) is 66.5 Å². The van der Waals surface area contributed by atoms with Gasteiger partial charge in [-0.3, -0.25) is 0 Å². The Labute approximate surface area is 134 Å². The highest BCUT2D eigenvalue weighted by molar-refractivity contribution is 9.09. The summed E-state index contributed by atoms with van der Waals surface area (Å²) >= 11 is 4.00. The minimum atomic E-state index is 0.494. The molecule has 4 aliphatic rings. The normalized spacial score (nSPS) is 40.5. The monoisotopic (exact) mass is 348 g/mol. The zero-order chi connectivity index (χ0) is 14.0. The highest BCUT2D eigenvalue weighted by Gasteiger charge is 2.66. The lowest BCUT2D eigenvalue weighted by Crippen LogP contribution is -2.04. The first-order chi connectivity index (χ1) is 10.3. The number of hydrogen-bond donors (Lipinski definition) is 0. The lowest BCUT2D eigenvalue weighted by Gasteiger charge is -2.17. The Morgan fingerprint density at radius 3 is 2.48 bits per heavy atom. The van der Waals surface area contributed by atoms with Gasteiger partial charge in [0.25, 0.3) is 0 Å². The van der Waals surface area contributed by atoms with E-state index in [1.54, 1.807) is 0 Å². The van der Waals surface area contributed by atoms with Crippen LogP contribution in [0.15, 0.2) is 18.2 Å². The average molecular weight is 349 g/mol. The first-order valence-electron chi connectivity index (χ1n) is 8.36. The Morgan fingerprint density at radius 1 is 1.00 bits per heavy atom. The molecule has 0 spiro atoms. The van der Waals surface area contributed by atoms with Gasteiger partial charge in [-0.25, -0.2) is 0 Å². The molecule has 0 amide bonds. The summed E-state index contributed by atoms with van der Waals surface area (Å²) in [5.74, 6) is 6.78. The van der Waals surface area contributed by atoms with E-state index in [4.69, 9.17) is 9.47 Å². The highest BCUT2D eigenvalue weighted by atomic mass is 79.9. The van der Waals surface area contributed by atoms with E-state index in [0.29, 0.717) is 4.83 Å². The molecular weight excluding hydrogens is 328 g/mol. The molecule has 3 heteroatoms. The maximum atomic E-state index is 5.84. The molecule has 1 heterocycles. The molecule has 0 aromatic heterocycles. The van der Waals surface area contributed by atoms with Crippen LogP contribution in [0.2, 0.25) is 0 Å². The fourth-order valence-electron chi connectivity index (χ4n) is 5.36. The van der Waals surface area contributed by atoms with E-state index < -0.39 is 0 Å². The predicted molar refractivity (Wildman–Crippen MR) is 85.0 cm³/mol. The molecule has 1 aromatic carbocycles. The van der Waals surface area contributed by atoms with Gasteiger partial charge in [-0.2, -0.15) is 0 Å². The fourth-order valence-corrected chi connectivity index (χ4v) is 6.35. The summed E-state index contributed by atoms with van der Waals surface area (Å²) in [6.45, 7) is 1.53. The highest BCUT2D eigenvalue weighted by Crippen LogP contribution is 2.73. The molecule has 0 N–H and O–H groups in total. The minimum absolute atomic E-state index is 0.494. The van der Waals surface area contributed by atoms with Gasteiger partial charge in [0, 0.05) is 11.2 Å². The average Bonchev–Trinajstić information content (AvgIpc) is 3.06. The first kappa shape index (κ1) is 12.8. The van der Waals surface area contributed by atoms with Gasteiger partial charge < -0.3 is 9.47 Å². The van der Waals surface area contributed by atoms with Crippen LogP contribution >= 0.6 is 15.9 Å². The van der Waals surface area contributed by atoms with Crippen molar-refractivity contribution in [3.8, 4) is 11.5 Å². The van der Waals surface area contributed by atoms with E-state index in [0.717, 1.165) is 60.7 Å². The number of benzene rings is 1. The van der Waals surface area contributed by atoms with Crippen molar-refractivity contribution < 1.29 is 9.47 Å². The summed E-state index contributed by atoms with van der Waals surface area (Å²) in [6.07, 6.45) is 5.47. The molecule has 112 valence electrons.